The van der Waals surface area contributed by atoms with E-state index in [1.165, 1.54) is 38.5 Å². The Morgan fingerprint density at radius 2 is 1.76 bits per heavy atom. The highest BCUT2D eigenvalue weighted by atomic mass is 16.3. The van der Waals surface area contributed by atoms with Gasteiger partial charge in [0.2, 0.25) is 0 Å². The molecule has 0 spiro atoms. The molecule has 0 aliphatic rings. The summed E-state index contributed by atoms with van der Waals surface area (Å²) in [7, 11) is 0. The van der Waals surface area contributed by atoms with E-state index in [2.05, 4.69) is 12.2 Å². The Bertz CT molecular complexity index is 323. The van der Waals surface area contributed by atoms with E-state index in [1.807, 2.05) is 19.1 Å². The van der Waals surface area contributed by atoms with Crippen molar-refractivity contribution in [1.82, 2.24) is 0 Å². The molecule has 2 nitrogen and oxygen atoms in total. The van der Waals surface area contributed by atoms with Crippen molar-refractivity contribution in [3.63, 3.8) is 0 Å². The van der Waals surface area contributed by atoms with E-state index in [0.717, 1.165) is 17.8 Å². The molecule has 0 bridgehead atoms. The standard InChI is InChI=1S/C15H25NO/c1-3-4-5-6-7-8-11-16-14-9-10-15(17)13(2)12-14/h9-10,12,16-17H,3-8,11H2,1-2H3. The maximum Gasteiger partial charge on any atom is 0.118 e. The first-order chi connectivity index (χ1) is 8.24. The summed E-state index contributed by atoms with van der Waals surface area (Å²) >= 11 is 0. The number of phenolic OH excluding ortho intramolecular Hbond substituents is 1. The van der Waals surface area contributed by atoms with Crippen LogP contribution in [-0.4, -0.2) is 11.7 Å². The van der Waals surface area contributed by atoms with Crippen molar-refractivity contribution in [2.75, 3.05) is 11.9 Å². The number of nitrogens with one attached hydrogen (secondary N) is 1. The van der Waals surface area contributed by atoms with Crippen LogP contribution in [0.25, 0.3) is 0 Å². The zero-order valence-corrected chi connectivity index (χ0v) is 11.1. The molecular weight excluding hydrogens is 210 g/mol. The van der Waals surface area contributed by atoms with Gasteiger partial charge in [-0.3, -0.25) is 0 Å². The minimum atomic E-state index is 0.370. The molecule has 2 heteroatoms. The first-order valence-electron chi connectivity index (χ1n) is 6.77. The maximum absolute atomic E-state index is 9.41. The molecule has 0 radical (unpaired) electrons. The molecule has 0 aromatic heterocycles. The molecule has 2 N–H and O–H groups in total. The number of unbranched alkanes of at least 4 members (excludes halogenated alkanes) is 5. The second-order valence-corrected chi connectivity index (χ2v) is 4.70. The van der Waals surface area contributed by atoms with Crippen LogP contribution in [0.4, 0.5) is 5.69 Å². The van der Waals surface area contributed by atoms with Crippen LogP contribution in [0.15, 0.2) is 18.2 Å². The highest BCUT2D eigenvalue weighted by Crippen LogP contribution is 2.20. The molecule has 0 aliphatic heterocycles. The average molecular weight is 235 g/mol. The molecule has 0 atom stereocenters. The summed E-state index contributed by atoms with van der Waals surface area (Å²) in [5.74, 6) is 0.370. The summed E-state index contributed by atoms with van der Waals surface area (Å²) in [6.45, 7) is 5.19. The second kappa shape index (κ2) is 7.99. The molecular formula is C15H25NO. The van der Waals surface area contributed by atoms with Gasteiger partial charge in [0.25, 0.3) is 0 Å². The fourth-order valence-corrected chi connectivity index (χ4v) is 1.90. The Balaban J connectivity index is 2.11. The molecule has 0 fully saturated rings. The number of aromatic hydroxyl groups is 1. The van der Waals surface area contributed by atoms with Crippen LogP contribution in [0.3, 0.4) is 0 Å². The van der Waals surface area contributed by atoms with Gasteiger partial charge in [0.1, 0.15) is 5.75 Å². The van der Waals surface area contributed by atoms with Crippen LogP contribution in [0, 0.1) is 6.92 Å². The fraction of sp³-hybridized carbons (Fsp3) is 0.600. The molecule has 0 unspecified atom stereocenters. The van der Waals surface area contributed by atoms with Gasteiger partial charge >= 0.3 is 0 Å². The van der Waals surface area contributed by atoms with Crippen LogP contribution >= 0.6 is 0 Å². The van der Waals surface area contributed by atoms with Crippen molar-refractivity contribution in [1.29, 1.82) is 0 Å². The normalized spacial score (nSPS) is 10.5. The van der Waals surface area contributed by atoms with E-state index in [1.54, 1.807) is 6.07 Å². The minimum Gasteiger partial charge on any atom is -0.508 e. The van der Waals surface area contributed by atoms with Crippen LogP contribution in [-0.2, 0) is 0 Å². The lowest BCUT2D eigenvalue weighted by Crippen LogP contribution is -2.01. The third kappa shape index (κ3) is 5.62. The highest BCUT2D eigenvalue weighted by molar-refractivity contribution is 5.50. The Kier molecular flexibility index (Phi) is 6.53. The largest absolute Gasteiger partial charge is 0.508 e. The number of aryl methyl sites for hydroxylation is 1. The zero-order valence-electron chi connectivity index (χ0n) is 11.1. The summed E-state index contributed by atoms with van der Waals surface area (Å²) in [5, 5.41) is 12.8. The highest BCUT2D eigenvalue weighted by Gasteiger charge is 1.97. The van der Waals surface area contributed by atoms with Crippen molar-refractivity contribution < 1.29 is 5.11 Å². The van der Waals surface area contributed by atoms with Gasteiger partial charge in [0.05, 0.1) is 0 Å². The van der Waals surface area contributed by atoms with Gasteiger partial charge in [-0.25, -0.2) is 0 Å². The van der Waals surface area contributed by atoms with E-state index in [-0.39, 0.29) is 0 Å². The van der Waals surface area contributed by atoms with E-state index in [4.69, 9.17) is 0 Å². The lowest BCUT2D eigenvalue weighted by molar-refractivity contribution is 0.471. The number of rotatable bonds is 8. The first-order valence-corrected chi connectivity index (χ1v) is 6.77. The predicted octanol–water partition coefficient (Wildman–Crippen LogP) is 4.47. The van der Waals surface area contributed by atoms with E-state index < -0.39 is 0 Å². The Morgan fingerprint density at radius 3 is 2.47 bits per heavy atom. The van der Waals surface area contributed by atoms with E-state index in [0.29, 0.717) is 5.75 Å². The van der Waals surface area contributed by atoms with Crippen molar-refractivity contribution in [3.8, 4) is 5.75 Å². The quantitative estimate of drug-likeness (QED) is 0.514. The Morgan fingerprint density at radius 1 is 1.06 bits per heavy atom. The third-order valence-corrected chi connectivity index (χ3v) is 3.06. The maximum atomic E-state index is 9.41. The topological polar surface area (TPSA) is 32.3 Å². The van der Waals surface area contributed by atoms with Gasteiger partial charge in [-0.2, -0.15) is 0 Å². The lowest BCUT2D eigenvalue weighted by Gasteiger charge is -2.08. The lowest BCUT2D eigenvalue weighted by atomic mass is 10.1. The monoisotopic (exact) mass is 235 g/mol. The number of benzene rings is 1. The molecule has 1 aromatic rings. The van der Waals surface area contributed by atoms with E-state index in [9.17, 15) is 5.11 Å². The van der Waals surface area contributed by atoms with Crippen LogP contribution in [0.5, 0.6) is 5.75 Å². The number of hydrogen-bond donors (Lipinski definition) is 2. The summed E-state index contributed by atoms with van der Waals surface area (Å²) in [6, 6.07) is 5.67. The summed E-state index contributed by atoms with van der Waals surface area (Å²) in [5.41, 5.74) is 2.03. The predicted molar refractivity (Wildman–Crippen MR) is 74.7 cm³/mol. The van der Waals surface area contributed by atoms with Crippen molar-refractivity contribution >= 4 is 5.69 Å². The molecule has 1 rings (SSSR count). The molecule has 0 heterocycles. The Labute approximate surface area is 105 Å². The van der Waals surface area contributed by atoms with Gasteiger partial charge in [0, 0.05) is 12.2 Å². The number of phenols is 1. The summed E-state index contributed by atoms with van der Waals surface area (Å²) in [6.07, 6.45) is 7.93. The van der Waals surface area contributed by atoms with Gasteiger partial charge in [-0.05, 0) is 37.1 Å². The summed E-state index contributed by atoms with van der Waals surface area (Å²) < 4.78 is 0. The fourth-order valence-electron chi connectivity index (χ4n) is 1.90. The molecule has 0 saturated carbocycles. The first kappa shape index (κ1) is 13.9. The number of hydrogen-bond acceptors (Lipinski definition) is 2. The molecule has 96 valence electrons. The van der Waals surface area contributed by atoms with Gasteiger partial charge in [-0.1, -0.05) is 39.0 Å². The minimum absolute atomic E-state index is 0.370. The number of anilines is 1. The third-order valence-electron chi connectivity index (χ3n) is 3.06. The van der Waals surface area contributed by atoms with Gasteiger partial charge in [0.15, 0.2) is 0 Å². The average Bonchev–Trinajstić information content (AvgIpc) is 2.32. The molecule has 1 aromatic carbocycles. The molecule has 0 amide bonds. The van der Waals surface area contributed by atoms with Crippen LogP contribution < -0.4 is 5.32 Å². The smallest absolute Gasteiger partial charge is 0.118 e. The molecule has 0 aliphatic carbocycles. The van der Waals surface area contributed by atoms with Gasteiger partial charge in [-0.15, -0.1) is 0 Å². The SMILES string of the molecule is CCCCCCCCNc1ccc(O)c(C)c1. The molecule has 17 heavy (non-hydrogen) atoms. The zero-order chi connectivity index (χ0) is 12.5. The van der Waals surface area contributed by atoms with Crippen molar-refractivity contribution in [3.05, 3.63) is 23.8 Å². The second-order valence-electron chi connectivity index (χ2n) is 4.70. The van der Waals surface area contributed by atoms with Crippen LogP contribution in [0.1, 0.15) is 51.0 Å². The van der Waals surface area contributed by atoms with Crippen LogP contribution in [0.2, 0.25) is 0 Å². The van der Waals surface area contributed by atoms with Gasteiger partial charge < -0.3 is 10.4 Å². The molecule has 0 saturated heterocycles. The van der Waals surface area contributed by atoms with Crippen molar-refractivity contribution in [2.45, 2.75) is 52.4 Å². The summed E-state index contributed by atoms with van der Waals surface area (Å²) in [4.78, 5) is 0. The Hall–Kier alpha value is -1.18. The van der Waals surface area contributed by atoms with Crippen molar-refractivity contribution in [2.24, 2.45) is 0 Å². The van der Waals surface area contributed by atoms with E-state index >= 15 is 0 Å².